The fourth-order valence-electron chi connectivity index (χ4n) is 1.28. The molecule has 2 rings (SSSR count). The van der Waals surface area contributed by atoms with Crippen LogP contribution in [0.4, 0.5) is 4.39 Å². The van der Waals surface area contributed by atoms with Crippen molar-refractivity contribution < 1.29 is 9.50 Å². The minimum atomic E-state index is -0.284. The molecule has 3 nitrogen and oxygen atoms in total. The van der Waals surface area contributed by atoms with Crippen molar-refractivity contribution in [1.82, 2.24) is 9.78 Å². The molecule has 0 radical (unpaired) electrons. The molecule has 0 saturated carbocycles. The highest BCUT2D eigenvalue weighted by Gasteiger charge is 2.04. The second-order valence-corrected chi connectivity index (χ2v) is 4.05. The van der Waals surface area contributed by atoms with Crippen LogP contribution in [0.1, 0.15) is 5.56 Å². The molecular formula is C10H8BrFN2O. The number of aromatic nitrogens is 2. The SMILES string of the molecule is Oc1cnn(Cc2cc(Br)ccc2F)c1. The van der Waals surface area contributed by atoms with E-state index in [1.165, 1.54) is 23.1 Å². The number of hydrogen-bond donors (Lipinski definition) is 1. The first-order valence-corrected chi connectivity index (χ1v) is 5.10. The van der Waals surface area contributed by atoms with E-state index in [0.29, 0.717) is 12.1 Å². The number of hydrogen-bond acceptors (Lipinski definition) is 2. The molecule has 0 aliphatic rings. The van der Waals surface area contributed by atoms with Gasteiger partial charge in [-0.2, -0.15) is 5.10 Å². The lowest BCUT2D eigenvalue weighted by Gasteiger charge is -2.03. The van der Waals surface area contributed by atoms with Crippen LogP contribution in [-0.4, -0.2) is 14.9 Å². The standard InChI is InChI=1S/C10H8BrFN2O/c11-8-1-2-10(12)7(3-8)5-14-6-9(15)4-13-14/h1-4,6,15H,5H2. The highest BCUT2D eigenvalue weighted by molar-refractivity contribution is 9.10. The average Bonchev–Trinajstić information content (AvgIpc) is 2.58. The molecule has 0 bridgehead atoms. The van der Waals surface area contributed by atoms with Gasteiger partial charge in [0.05, 0.1) is 18.9 Å². The molecule has 15 heavy (non-hydrogen) atoms. The fraction of sp³-hybridized carbons (Fsp3) is 0.100. The van der Waals surface area contributed by atoms with Crippen LogP contribution in [0.15, 0.2) is 35.1 Å². The Morgan fingerprint density at radius 2 is 2.27 bits per heavy atom. The molecule has 1 aromatic heterocycles. The first-order chi connectivity index (χ1) is 7.15. The molecule has 78 valence electrons. The van der Waals surface area contributed by atoms with Crippen LogP contribution in [-0.2, 0) is 6.54 Å². The Kier molecular flexibility index (Phi) is 2.73. The molecule has 0 aliphatic heterocycles. The zero-order chi connectivity index (χ0) is 10.8. The maximum Gasteiger partial charge on any atom is 0.153 e. The smallest absolute Gasteiger partial charge is 0.153 e. The molecule has 0 spiro atoms. The van der Waals surface area contributed by atoms with Crippen LogP contribution in [0, 0.1) is 5.82 Å². The van der Waals surface area contributed by atoms with Gasteiger partial charge < -0.3 is 5.11 Å². The highest BCUT2D eigenvalue weighted by Crippen LogP contribution is 2.17. The summed E-state index contributed by atoms with van der Waals surface area (Å²) >= 11 is 3.27. The van der Waals surface area contributed by atoms with Gasteiger partial charge >= 0.3 is 0 Å². The molecule has 1 aromatic carbocycles. The van der Waals surface area contributed by atoms with Crippen molar-refractivity contribution in [2.24, 2.45) is 0 Å². The van der Waals surface area contributed by atoms with E-state index >= 15 is 0 Å². The summed E-state index contributed by atoms with van der Waals surface area (Å²) in [5.74, 6) is -0.210. The lowest BCUT2D eigenvalue weighted by molar-refractivity contribution is 0.474. The van der Waals surface area contributed by atoms with Crippen LogP contribution < -0.4 is 0 Å². The van der Waals surface area contributed by atoms with Crippen LogP contribution in [0.3, 0.4) is 0 Å². The summed E-state index contributed by atoms with van der Waals surface area (Å²) in [6.07, 6.45) is 2.76. The van der Waals surface area contributed by atoms with E-state index in [1.54, 1.807) is 12.1 Å². The van der Waals surface area contributed by atoms with Crippen LogP contribution in [0.2, 0.25) is 0 Å². The summed E-state index contributed by atoms with van der Waals surface area (Å²) in [4.78, 5) is 0. The Morgan fingerprint density at radius 1 is 1.47 bits per heavy atom. The molecule has 0 amide bonds. The van der Waals surface area contributed by atoms with Gasteiger partial charge in [0.2, 0.25) is 0 Å². The van der Waals surface area contributed by atoms with E-state index in [-0.39, 0.29) is 11.6 Å². The van der Waals surface area contributed by atoms with Crippen molar-refractivity contribution >= 4 is 15.9 Å². The van der Waals surface area contributed by atoms with E-state index in [4.69, 9.17) is 5.11 Å². The molecule has 2 aromatic rings. The van der Waals surface area contributed by atoms with E-state index < -0.39 is 0 Å². The molecule has 0 fully saturated rings. The summed E-state index contributed by atoms with van der Waals surface area (Å²) in [5, 5.41) is 12.9. The summed E-state index contributed by atoms with van der Waals surface area (Å²) < 4.78 is 15.6. The van der Waals surface area contributed by atoms with Gasteiger partial charge in [0.25, 0.3) is 0 Å². The second-order valence-electron chi connectivity index (χ2n) is 3.13. The molecule has 0 aliphatic carbocycles. The Hall–Kier alpha value is -1.36. The molecule has 1 heterocycles. The predicted octanol–water partition coefficient (Wildman–Crippen LogP) is 2.54. The molecular weight excluding hydrogens is 263 g/mol. The lowest BCUT2D eigenvalue weighted by Crippen LogP contribution is -2.02. The monoisotopic (exact) mass is 270 g/mol. The summed E-state index contributed by atoms with van der Waals surface area (Å²) in [5.41, 5.74) is 0.521. The first-order valence-electron chi connectivity index (χ1n) is 4.30. The quantitative estimate of drug-likeness (QED) is 0.911. The third-order valence-corrected chi connectivity index (χ3v) is 2.45. The summed E-state index contributed by atoms with van der Waals surface area (Å²) in [7, 11) is 0. The summed E-state index contributed by atoms with van der Waals surface area (Å²) in [6.45, 7) is 0.297. The van der Waals surface area contributed by atoms with Gasteiger partial charge in [0, 0.05) is 10.0 Å². The maximum absolute atomic E-state index is 13.3. The van der Waals surface area contributed by atoms with E-state index in [1.807, 2.05) is 0 Å². The number of rotatable bonds is 2. The van der Waals surface area contributed by atoms with Crippen molar-refractivity contribution in [3.63, 3.8) is 0 Å². The Labute approximate surface area is 94.3 Å². The minimum absolute atomic E-state index is 0.0744. The van der Waals surface area contributed by atoms with Gasteiger partial charge in [-0.25, -0.2) is 4.39 Å². The van der Waals surface area contributed by atoms with Gasteiger partial charge in [-0.15, -0.1) is 0 Å². The van der Waals surface area contributed by atoms with E-state index in [2.05, 4.69) is 21.0 Å². The zero-order valence-corrected chi connectivity index (χ0v) is 9.28. The van der Waals surface area contributed by atoms with Crippen LogP contribution in [0.25, 0.3) is 0 Å². The Bertz CT molecular complexity index is 484. The van der Waals surface area contributed by atoms with Crippen LogP contribution >= 0.6 is 15.9 Å². The molecule has 0 unspecified atom stereocenters. The molecule has 0 saturated heterocycles. The number of benzene rings is 1. The highest BCUT2D eigenvalue weighted by atomic mass is 79.9. The normalized spacial score (nSPS) is 10.5. The number of nitrogens with zero attached hydrogens (tertiary/aromatic N) is 2. The second kappa shape index (κ2) is 4.02. The van der Waals surface area contributed by atoms with Crippen LogP contribution in [0.5, 0.6) is 5.75 Å². The van der Waals surface area contributed by atoms with Gasteiger partial charge in [-0.1, -0.05) is 15.9 Å². The number of halogens is 2. The maximum atomic E-state index is 13.3. The topological polar surface area (TPSA) is 38.1 Å². The lowest BCUT2D eigenvalue weighted by atomic mass is 10.2. The molecule has 5 heteroatoms. The first kappa shape index (κ1) is 10.2. The largest absolute Gasteiger partial charge is 0.505 e. The van der Waals surface area contributed by atoms with Crippen molar-refractivity contribution in [3.8, 4) is 5.75 Å². The van der Waals surface area contributed by atoms with Gasteiger partial charge in [-0.05, 0) is 18.2 Å². The summed E-state index contributed by atoms with van der Waals surface area (Å²) in [6, 6.07) is 4.72. The minimum Gasteiger partial charge on any atom is -0.505 e. The van der Waals surface area contributed by atoms with E-state index in [0.717, 1.165) is 4.47 Å². The molecule has 1 N–H and O–H groups in total. The third kappa shape index (κ3) is 2.36. The number of aromatic hydroxyl groups is 1. The van der Waals surface area contributed by atoms with Crippen molar-refractivity contribution in [1.29, 1.82) is 0 Å². The Morgan fingerprint density at radius 3 is 2.93 bits per heavy atom. The van der Waals surface area contributed by atoms with Gasteiger partial charge in [0.1, 0.15) is 5.82 Å². The van der Waals surface area contributed by atoms with Gasteiger partial charge in [-0.3, -0.25) is 4.68 Å². The fourth-order valence-corrected chi connectivity index (χ4v) is 1.69. The van der Waals surface area contributed by atoms with Crippen molar-refractivity contribution in [2.45, 2.75) is 6.54 Å². The van der Waals surface area contributed by atoms with Crippen molar-refractivity contribution in [2.75, 3.05) is 0 Å². The van der Waals surface area contributed by atoms with E-state index in [9.17, 15) is 4.39 Å². The zero-order valence-electron chi connectivity index (χ0n) is 7.69. The predicted molar refractivity (Wildman–Crippen MR) is 57.1 cm³/mol. The third-order valence-electron chi connectivity index (χ3n) is 1.96. The van der Waals surface area contributed by atoms with Crippen molar-refractivity contribution in [3.05, 3.63) is 46.4 Å². The molecule has 0 atom stereocenters. The van der Waals surface area contributed by atoms with Gasteiger partial charge in [0.15, 0.2) is 5.75 Å². The average molecular weight is 271 g/mol. The Balaban J connectivity index is 2.27.